The molecule has 0 saturated heterocycles. The molecule has 0 fully saturated rings. The number of nitrogens with one attached hydrogen (secondary N) is 2. The summed E-state index contributed by atoms with van der Waals surface area (Å²) < 4.78 is 0. The van der Waals surface area contributed by atoms with Gasteiger partial charge >= 0.3 is 0 Å². The molecule has 4 heteroatoms. The van der Waals surface area contributed by atoms with Gasteiger partial charge in [0.25, 0.3) is 0 Å². The van der Waals surface area contributed by atoms with Gasteiger partial charge in [-0.15, -0.1) is 0 Å². The second kappa shape index (κ2) is 5.64. The maximum Gasteiger partial charge on any atom is 0.103 e. The average molecular weight is 144 g/mol. The molecule has 0 aromatic rings. The molecule has 0 aromatic heterocycles. The summed E-state index contributed by atoms with van der Waals surface area (Å²) >= 11 is 0. The monoisotopic (exact) mass is 144 g/mol. The van der Waals surface area contributed by atoms with Gasteiger partial charge in [0, 0.05) is 14.2 Å². The molecule has 0 amide bonds. The van der Waals surface area contributed by atoms with Crippen molar-refractivity contribution in [2.45, 2.75) is 12.8 Å². The van der Waals surface area contributed by atoms with Crippen molar-refractivity contribution in [1.82, 2.24) is 0 Å². The summed E-state index contributed by atoms with van der Waals surface area (Å²) in [7, 11) is -0.840. The van der Waals surface area contributed by atoms with E-state index < -0.39 is 7.77 Å². The van der Waals surface area contributed by atoms with Gasteiger partial charge in [-0.1, -0.05) is 0 Å². The van der Waals surface area contributed by atoms with E-state index in [4.69, 9.17) is 10.8 Å². The normalized spacial score (nSPS) is 19.0. The van der Waals surface area contributed by atoms with Crippen molar-refractivity contribution in [3.63, 3.8) is 0 Å². The van der Waals surface area contributed by atoms with Gasteiger partial charge in [0.2, 0.25) is 0 Å². The van der Waals surface area contributed by atoms with Crippen LogP contribution in [-0.4, -0.2) is 18.0 Å². The minimum absolute atomic E-state index is 0.840. The van der Waals surface area contributed by atoms with Gasteiger partial charge in [0.05, 0.1) is 11.8 Å². The third-order valence-corrected chi connectivity index (χ3v) is 2.34. The van der Waals surface area contributed by atoms with Crippen LogP contribution in [0.2, 0.25) is 0 Å². The lowest BCUT2D eigenvalue weighted by molar-refractivity contribution is -0.152. The quantitative estimate of drug-likeness (QED) is 0.380. The highest BCUT2D eigenvalue weighted by Crippen LogP contribution is 2.18. The van der Waals surface area contributed by atoms with Crippen LogP contribution in [0.5, 0.6) is 0 Å². The highest BCUT2D eigenvalue weighted by atomic mass is 31.1. The third-order valence-electron chi connectivity index (χ3n) is 0.915. The molecule has 0 aliphatic carbocycles. The van der Waals surface area contributed by atoms with Crippen LogP contribution in [0.15, 0.2) is 0 Å². The molecule has 1 unspecified atom stereocenters. The Labute approximate surface area is 55.2 Å². The van der Waals surface area contributed by atoms with Crippen LogP contribution >= 0.6 is 7.77 Å². The van der Waals surface area contributed by atoms with Crippen LogP contribution < -0.4 is 4.89 Å². The van der Waals surface area contributed by atoms with Crippen molar-refractivity contribution in [2.24, 2.45) is 0 Å². The molecule has 1 heterocycles. The van der Waals surface area contributed by atoms with Crippen LogP contribution in [0.25, 0.3) is 0 Å². The van der Waals surface area contributed by atoms with Crippen molar-refractivity contribution in [1.29, 1.82) is 10.8 Å². The number of hydrogen-bond acceptors (Lipinski definition) is 3. The third kappa shape index (κ3) is 5.38. The summed E-state index contributed by atoms with van der Waals surface area (Å²) in [4.78, 5) is 10.3. The summed E-state index contributed by atoms with van der Waals surface area (Å²) in [5.74, 6) is 1.91. The van der Waals surface area contributed by atoms with Gasteiger partial charge in [-0.3, -0.25) is 0 Å². The Morgan fingerprint density at radius 3 is 2.22 bits per heavy atom. The molecule has 50 valence electrons. The van der Waals surface area contributed by atoms with Gasteiger partial charge in [-0.05, 0) is 6.42 Å². The first kappa shape index (κ1) is 8.51. The molecule has 1 aliphatic rings. The first-order valence-electron chi connectivity index (χ1n) is 2.67. The van der Waals surface area contributed by atoms with E-state index in [-0.39, 0.29) is 0 Å². The van der Waals surface area contributed by atoms with E-state index in [0.29, 0.717) is 0 Å². The van der Waals surface area contributed by atoms with Crippen molar-refractivity contribution in [3.8, 4) is 0 Å². The predicted octanol–water partition coefficient (Wildman–Crippen LogP) is 0.657. The van der Waals surface area contributed by atoms with Gasteiger partial charge in [0.15, 0.2) is 0 Å². The van der Waals surface area contributed by atoms with Crippen LogP contribution in [-0.2, 0) is 0 Å². The first-order valence-corrected chi connectivity index (χ1v) is 4.18. The van der Waals surface area contributed by atoms with E-state index in [1.807, 2.05) is 5.80 Å². The molecular formula is C5H9N2OP. The fourth-order valence-corrected chi connectivity index (χ4v) is 1.72. The van der Waals surface area contributed by atoms with Crippen molar-refractivity contribution < 1.29 is 4.89 Å². The van der Waals surface area contributed by atoms with Crippen LogP contribution in [0.3, 0.4) is 0 Å². The Morgan fingerprint density at radius 2 is 2.11 bits per heavy atom. The second-order valence-corrected chi connectivity index (χ2v) is 3.24. The maximum atomic E-state index is 10.3. The van der Waals surface area contributed by atoms with Crippen molar-refractivity contribution >= 4 is 19.6 Å². The Morgan fingerprint density at radius 1 is 1.56 bits per heavy atom. The maximum absolute atomic E-state index is 10.3. The number of rotatable bonds is 0. The predicted molar refractivity (Wildman–Crippen MR) is 37.5 cm³/mol. The van der Waals surface area contributed by atoms with E-state index >= 15 is 0 Å². The van der Waals surface area contributed by atoms with Crippen molar-refractivity contribution in [3.05, 3.63) is 0 Å². The zero-order valence-electron chi connectivity index (χ0n) is 5.05. The Balaban J connectivity index is 0.000000187. The molecule has 1 aliphatic heterocycles. The van der Waals surface area contributed by atoms with Crippen LogP contribution in [0.4, 0.5) is 0 Å². The summed E-state index contributed by atoms with van der Waals surface area (Å²) in [6.45, 7) is 0. The lowest BCUT2D eigenvalue weighted by Gasteiger charge is -1.81. The van der Waals surface area contributed by atoms with E-state index in [1.54, 1.807) is 0 Å². The summed E-state index contributed by atoms with van der Waals surface area (Å²) in [6, 6.07) is 1.25. The fraction of sp³-hybridized carbons (Fsp3) is 0.600. The van der Waals surface area contributed by atoms with Gasteiger partial charge in [-0.25, -0.2) is 10.8 Å². The van der Waals surface area contributed by atoms with Gasteiger partial charge < -0.3 is 4.89 Å². The molecule has 0 aromatic carbocycles. The zero-order valence-corrected chi connectivity index (χ0v) is 5.95. The molecule has 0 radical (unpaired) electrons. The molecule has 9 heavy (non-hydrogen) atoms. The lowest BCUT2D eigenvalue weighted by atomic mass is 10.4. The minimum atomic E-state index is -0.840. The first-order chi connectivity index (χ1) is 4.31. The smallest absolute Gasteiger partial charge is 0.103 e. The molecule has 2 N–H and O–H groups in total. The molecule has 1 atom stereocenters. The van der Waals surface area contributed by atoms with Crippen molar-refractivity contribution in [2.75, 3.05) is 6.16 Å². The largest absolute Gasteiger partial charge is 0.631 e. The standard InChI is InChI=1S/C4H7OP.CH2N2/c5-6-3-1-2-4-6;2-1-3/h3H,1-2,4H2;2-3H. The Bertz CT molecular complexity index is 138. The molecule has 0 spiro atoms. The fourth-order valence-electron chi connectivity index (χ4n) is 0.574. The molecular weight excluding hydrogens is 135 g/mol. The van der Waals surface area contributed by atoms with Crippen LogP contribution in [0, 0.1) is 10.8 Å². The molecule has 0 bridgehead atoms. The summed E-state index contributed by atoms with van der Waals surface area (Å²) in [5, 5.41) is 11.2. The van der Waals surface area contributed by atoms with E-state index in [9.17, 15) is 4.89 Å². The molecule has 1 rings (SSSR count). The van der Waals surface area contributed by atoms with Crippen LogP contribution in [0.1, 0.15) is 12.8 Å². The van der Waals surface area contributed by atoms with Gasteiger partial charge in [-0.2, -0.15) is 0 Å². The average Bonchev–Trinajstić information content (AvgIpc) is 2.20. The minimum Gasteiger partial charge on any atom is -0.631 e. The topological polar surface area (TPSA) is 70.8 Å². The summed E-state index contributed by atoms with van der Waals surface area (Å²) in [5.41, 5.74) is 0. The second-order valence-electron chi connectivity index (χ2n) is 1.59. The lowest BCUT2D eigenvalue weighted by Crippen LogP contribution is -1.85. The Hall–Kier alpha value is -0.490. The molecule has 0 saturated carbocycles. The Kier molecular flexibility index (Phi) is 5.34. The highest BCUT2D eigenvalue weighted by molar-refractivity contribution is 7.50. The summed E-state index contributed by atoms with van der Waals surface area (Å²) in [6.07, 6.45) is 3.17. The molecule has 3 nitrogen and oxygen atoms in total. The van der Waals surface area contributed by atoms with Gasteiger partial charge in [0.1, 0.15) is 6.16 Å². The van der Waals surface area contributed by atoms with E-state index in [0.717, 1.165) is 19.0 Å². The van der Waals surface area contributed by atoms with E-state index in [2.05, 4.69) is 0 Å². The number of hydrogen-bond donors (Lipinski definition) is 2. The zero-order chi connectivity index (χ0) is 7.11. The van der Waals surface area contributed by atoms with E-state index in [1.165, 1.54) is 6.01 Å². The SMILES string of the molecule is N=C=N.[O-][P+]1=CCCC1. The highest BCUT2D eigenvalue weighted by Gasteiger charge is 2.02.